The first-order valence-corrected chi connectivity index (χ1v) is 8.88. The summed E-state index contributed by atoms with van der Waals surface area (Å²) in [7, 11) is -3.88. The van der Waals surface area contributed by atoms with E-state index in [9.17, 15) is 17.6 Å². The summed E-state index contributed by atoms with van der Waals surface area (Å²) in [5, 5.41) is 2.67. The van der Waals surface area contributed by atoms with Gasteiger partial charge >= 0.3 is 0 Å². The quantitative estimate of drug-likeness (QED) is 0.689. The van der Waals surface area contributed by atoms with E-state index in [0.717, 1.165) is 24.3 Å². The van der Waals surface area contributed by atoms with Crippen LogP contribution in [0.15, 0.2) is 47.9 Å². The lowest BCUT2D eigenvalue weighted by Gasteiger charge is -2.14. The molecule has 1 heterocycles. The van der Waals surface area contributed by atoms with Gasteiger partial charge in [0.15, 0.2) is 0 Å². The summed E-state index contributed by atoms with van der Waals surface area (Å²) in [5.74, 6) is -0.955. The average Bonchev–Trinajstić information content (AvgIpc) is 3.04. The van der Waals surface area contributed by atoms with Crippen molar-refractivity contribution in [2.45, 2.75) is 30.8 Å². The Balaban J connectivity index is 1.80. The van der Waals surface area contributed by atoms with E-state index in [4.69, 9.17) is 0 Å². The first-order valence-electron chi connectivity index (χ1n) is 7.40. The normalized spacial score (nSPS) is 12.8. The van der Waals surface area contributed by atoms with Gasteiger partial charge in [-0.25, -0.2) is 17.8 Å². The van der Waals surface area contributed by atoms with Crippen molar-refractivity contribution in [2.24, 2.45) is 0 Å². The topological polar surface area (TPSA) is 93.1 Å². The van der Waals surface area contributed by atoms with E-state index < -0.39 is 27.8 Å². The van der Waals surface area contributed by atoms with Crippen molar-refractivity contribution in [1.29, 1.82) is 0 Å². The molecule has 0 aliphatic carbocycles. The molecule has 0 radical (unpaired) electrons. The number of hydrogen-bond donors (Lipinski definition) is 2. The molecule has 0 unspecified atom stereocenters. The van der Waals surface area contributed by atoms with E-state index in [1.807, 2.05) is 10.8 Å². The molecule has 0 saturated heterocycles. The van der Waals surface area contributed by atoms with E-state index in [1.54, 1.807) is 12.5 Å². The van der Waals surface area contributed by atoms with E-state index in [1.165, 1.54) is 6.92 Å². The number of aryl methyl sites for hydroxylation is 1. The lowest BCUT2D eigenvalue weighted by Crippen LogP contribution is -2.45. The van der Waals surface area contributed by atoms with Crippen LogP contribution in [0.25, 0.3) is 0 Å². The minimum Gasteiger partial charge on any atom is -0.355 e. The van der Waals surface area contributed by atoms with E-state index >= 15 is 0 Å². The average molecular weight is 354 g/mol. The van der Waals surface area contributed by atoms with Gasteiger partial charge in [-0.3, -0.25) is 4.79 Å². The third-order valence-electron chi connectivity index (χ3n) is 3.30. The molecular weight excluding hydrogens is 335 g/mol. The summed E-state index contributed by atoms with van der Waals surface area (Å²) < 4.78 is 41.2. The Labute approximate surface area is 140 Å². The molecule has 0 bridgehead atoms. The van der Waals surface area contributed by atoms with Gasteiger partial charge in [0.25, 0.3) is 0 Å². The summed E-state index contributed by atoms with van der Waals surface area (Å²) in [5.41, 5.74) is 0. The summed E-state index contributed by atoms with van der Waals surface area (Å²) >= 11 is 0. The largest absolute Gasteiger partial charge is 0.355 e. The monoisotopic (exact) mass is 354 g/mol. The van der Waals surface area contributed by atoms with Crippen LogP contribution in [0.2, 0.25) is 0 Å². The zero-order valence-corrected chi connectivity index (χ0v) is 14.0. The number of amides is 1. The fraction of sp³-hybridized carbons (Fsp3) is 0.333. The van der Waals surface area contributed by atoms with Crippen molar-refractivity contribution in [3.05, 3.63) is 48.8 Å². The Bertz CT molecular complexity index is 761. The third kappa shape index (κ3) is 5.14. The number of imidazole rings is 1. The lowest BCUT2D eigenvalue weighted by molar-refractivity contribution is -0.122. The van der Waals surface area contributed by atoms with Gasteiger partial charge < -0.3 is 9.88 Å². The van der Waals surface area contributed by atoms with Crippen molar-refractivity contribution < 1.29 is 17.6 Å². The van der Waals surface area contributed by atoms with Crippen LogP contribution >= 0.6 is 0 Å². The van der Waals surface area contributed by atoms with Gasteiger partial charge in [0.2, 0.25) is 15.9 Å². The number of rotatable bonds is 8. The second kappa shape index (κ2) is 8.02. The molecule has 7 nitrogen and oxygen atoms in total. The van der Waals surface area contributed by atoms with Crippen LogP contribution < -0.4 is 10.0 Å². The molecule has 1 amide bonds. The third-order valence-corrected chi connectivity index (χ3v) is 4.86. The minimum atomic E-state index is -3.88. The molecule has 130 valence electrons. The summed E-state index contributed by atoms with van der Waals surface area (Å²) in [4.78, 5) is 15.8. The number of aromatic nitrogens is 2. The van der Waals surface area contributed by atoms with Crippen LogP contribution in [-0.2, 0) is 21.4 Å². The molecule has 2 aromatic rings. The number of carbonyl (C=O) groups excluding carboxylic acids is 1. The van der Waals surface area contributed by atoms with E-state index in [0.29, 0.717) is 19.5 Å². The van der Waals surface area contributed by atoms with E-state index in [2.05, 4.69) is 15.0 Å². The smallest absolute Gasteiger partial charge is 0.241 e. The van der Waals surface area contributed by atoms with Gasteiger partial charge in [0.05, 0.1) is 17.3 Å². The standard InChI is InChI=1S/C15H19FN4O3S/c1-12(15(21)18-7-2-9-20-10-8-17-11-20)19-24(22,23)14-5-3-13(16)4-6-14/h3-6,8,10-12,19H,2,7,9H2,1H3,(H,18,21)/t12-/m0/s1. The molecule has 0 aliphatic heterocycles. The highest BCUT2D eigenvalue weighted by atomic mass is 32.2. The number of carbonyl (C=O) groups is 1. The highest BCUT2D eigenvalue weighted by molar-refractivity contribution is 7.89. The van der Waals surface area contributed by atoms with Crippen LogP contribution in [0.3, 0.4) is 0 Å². The van der Waals surface area contributed by atoms with Crippen molar-refractivity contribution in [1.82, 2.24) is 19.6 Å². The molecule has 0 aliphatic rings. The van der Waals surface area contributed by atoms with Crippen LogP contribution in [0.1, 0.15) is 13.3 Å². The lowest BCUT2D eigenvalue weighted by atomic mass is 10.3. The number of halogens is 1. The second-order valence-electron chi connectivity index (χ2n) is 5.24. The Morgan fingerprint density at radius 2 is 2.04 bits per heavy atom. The van der Waals surface area contributed by atoms with Crippen molar-refractivity contribution >= 4 is 15.9 Å². The van der Waals surface area contributed by atoms with Crippen LogP contribution in [-0.4, -0.2) is 36.5 Å². The van der Waals surface area contributed by atoms with Gasteiger partial charge in [0, 0.05) is 25.5 Å². The minimum absolute atomic E-state index is 0.0938. The predicted molar refractivity (Wildman–Crippen MR) is 86.0 cm³/mol. The molecule has 1 aromatic carbocycles. The molecule has 0 saturated carbocycles. The maximum absolute atomic E-state index is 12.9. The van der Waals surface area contributed by atoms with Crippen molar-refractivity contribution in [2.75, 3.05) is 6.54 Å². The van der Waals surface area contributed by atoms with Gasteiger partial charge in [-0.05, 0) is 37.6 Å². The Morgan fingerprint density at radius 1 is 1.33 bits per heavy atom. The SMILES string of the molecule is C[C@H](NS(=O)(=O)c1ccc(F)cc1)C(=O)NCCCn1ccnc1. The fourth-order valence-corrected chi connectivity index (χ4v) is 3.22. The first-order chi connectivity index (χ1) is 11.4. The maximum Gasteiger partial charge on any atom is 0.241 e. The molecule has 1 aromatic heterocycles. The Hall–Kier alpha value is -2.26. The summed E-state index contributed by atoms with van der Waals surface area (Å²) in [6.07, 6.45) is 5.87. The number of sulfonamides is 1. The summed E-state index contributed by atoms with van der Waals surface area (Å²) in [6.45, 7) is 2.57. The zero-order valence-electron chi connectivity index (χ0n) is 13.1. The summed E-state index contributed by atoms with van der Waals surface area (Å²) in [6, 6.07) is 3.46. The molecule has 2 rings (SSSR count). The van der Waals surface area contributed by atoms with E-state index in [-0.39, 0.29) is 4.90 Å². The molecular formula is C15H19FN4O3S. The molecule has 0 fully saturated rings. The van der Waals surface area contributed by atoms with Gasteiger partial charge in [-0.15, -0.1) is 0 Å². The Morgan fingerprint density at radius 3 is 2.67 bits per heavy atom. The van der Waals surface area contributed by atoms with Crippen LogP contribution in [0, 0.1) is 5.82 Å². The molecule has 0 spiro atoms. The van der Waals surface area contributed by atoms with Crippen molar-refractivity contribution in [3.8, 4) is 0 Å². The fourth-order valence-electron chi connectivity index (χ4n) is 2.01. The van der Waals surface area contributed by atoms with Gasteiger partial charge in [0.1, 0.15) is 5.82 Å². The van der Waals surface area contributed by atoms with Gasteiger partial charge in [-0.1, -0.05) is 0 Å². The number of hydrogen-bond acceptors (Lipinski definition) is 4. The predicted octanol–water partition coefficient (Wildman–Crippen LogP) is 0.895. The highest BCUT2D eigenvalue weighted by Crippen LogP contribution is 2.10. The number of nitrogens with zero attached hydrogens (tertiary/aromatic N) is 2. The molecule has 24 heavy (non-hydrogen) atoms. The zero-order chi connectivity index (χ0) is 17.6. The highest BCUT2D eigenvalue weighted by Gasteiger charge is 2.21. The number of nitrogens with one attached hydrogen (secondary N) is 2. The van der Waals surface area contributed by atoms with Gasteiger partial charge in [-0.2, -0.15) is 4.72 Å². The molecule has 1 atom stereocenters. The molecule has 2 N–H and O–H groups in total. The van der Waals surface area contributed by atoms with Crippen LogP contribution in [0.5, 0.6) is 0 Å². The molecule has 9 heteroatoms. The second-order valence-corrected chi connectivity index (χ2v) is 6.96. The number of benzene rings is 1. The Kier molecular flexibility index (Phi) is 6.04. The maximum atomic E-state index is 12.9. The first kappa shape index (κ1) is 18.1. The van der Waals surface area contributed by atoms with Crippen LogP contribution in [0.4, 0.5) is 4.39 Å². The van der Waals surface area contributed by atoms with Crippen molar-refractivity contribution in [3.63, 3.8) is 0 Å².